The number of piperazine rings is 1. The summed E-state index contributed by atoms with van der Waals surface area (Å²) in [5, 5.41) is 6.15. The van der Waals surface area contributed by atoms with Crippen LogP contribution >= 0.6 is 0 Å². The minimum atomic E-state index is -0.329. The molecule has 1 unspecified atom stereocenters. The van der Waals surface area contributed by atoms with Crippen molar-refractivity contribution in [3.63, 3.8) is 0 Å². The normalized spacial score (nSPS) is 20.0. The van der Waals surface area contributed by atoms with Crippen LogP contribution < -0.4 is 4.74 Å². The molecular weight excluding hydrogens is 395 g/mol. The summed E-state index contributed by atoms with van der Waals surface area (Å²) in [5.41, 5.74) is 1.90. The van der Waals surface area contributed by atoms with Gasteiger partial charge in [-0.3, -0.25) is 9.69 Å². The van der Waals surface area contributed by atoms with Crippen LogP contribution in [0.1, 0.15) is 30.5 Å². The third-order valence-corrected chi connectivity index (χ3v) is 6.12. The van der Waals surface area contributed by atoms with Gasteiger partial charge in [-0.1, -0.05) is 43.3 Å². The second-order valence-corrected chi connectivity index (χ2v) is 7.94. The number of rotatable bonds is 6. The summed E-state index contributed by atoms with van der Waals surface area (Å²) in [6.07, 6.45) is 0.441. The zero-order valence-electron chi connectivity index (χ0n) is 18.1. The predicted octanol–water partition coefficient (Wildman–Crippen LogP) is 3.15. The van der Waals surface area contributed by atoms with Gasteiger partial charge in [0.1, 0.15) is 11.6 Å². The monoisotopic (exact) mass is 424 g/mol. The smallest absolute Gasteiger partial charge is 0.257 e. The highest BCUT2D eigenvalue weighted by Crippen LogP contribution is 2.37. The average Bonchev–Trinajstić information content (AvgIpc) is 3.25. The summed E-state index contributed by atoms with van der Waals surface area (Å²) < 4.78 is 20.0. The molecule has 2 aromatic rings. The van der Waals surface area contributed by atoms with E-state index >= 15 is 0 Å². The molecule has 4 rings (SSSR count). The summed E-state index contributed by atoms with van der Waals surface area (Å²) in [6, 6.07) is 13.9. The molecule has 6 nitrogen and oxygen atoms in total. The molecule has 0 bridgehead atoms. The van der Waals surface area contributed by atoms with Gasteiger partial charge in [-0.2, -0.15) is 5.10 Å². The molecule has 2 heterocycles. The van der Waals surface area contributed by atoms with Crippen molar-refractivity contribution < 1.29 is 13.9 Å². The van der Waals surface area contributed by atoms with Crippen molar-refractivity contribution in [3.05, 3.63) is 65.5 Å². The molecule has 1 atom stereocenters. The SMILES string of the molecule is CCN1CCN(CC(=O)N2N=C(c3ccccc3F)CC2c2ccccc2OC)CC1. The van der Waals surface area contributed by atoms with Crippen LogP contribution in [-0.2, 0) is 4.79 Å². The van der Waals surface area contributed by atoms with Crippen LogP contribution in [0, 0.1) is 5.82 Å². The van der Waals surface area contributed by atoms with Gasteiger partial charge in [-0.15, -0.1) is 0 Å². The van der Waals surface area contributed by atoms with Crippen LogP contribution in [-0.4, -0.2) is 72.8 Å². The number of methoxy groups -OCH3 is 1. The minimum absolute atomic E-state index is 0.0767. The second-order valence-electron chi connectivity index (χ2n) is 7.94. The van der Waals surface area contributed by atoms with Crippen molar-refractivity contribution in [1.29, 1.82) is 0 Å². The van der Waals surface area contributed by atoms with E-state index < -0.39 is 0 Å². The first-order chi connectivity index (χ1) is 15.1. The van der Waals surface area contributed by atoms with Crippen molar-refractivity contribution in [2.75, 3.05) is 46.4 Å². The van der Waals surface area contributed by atoms with Crippen LogP contribution in [0.5, 0.6) is 5.75 Å². The molecule has 164 valence electrons. The fraction of sp³-hybridized carbons (Fsp3) is 0.417. The highest BCUT2D eigenvalue weighted by molar-refractivity contribution is 6.03. The number of nitrogens with zero attached hydrogens (tertiary/aromatic N) is 4. The van der Waals surface area contributed by atoms with Crippen molar-refractivity contribution in [1.82, 2.24) is 14.8 Å². The molecule has 7 heteroatoms. The molecule has 1 saturated heterocycles. The van der Waals surface area contributed by atoms with Crippen molar-refractivity contribution in [3.8, 4) is 5.75 Å². The van der Waals surface area contributed by atoms with Crippen LogP contribution in [0.4, 0.5) is 4.39 Å². The van der Waals surface area contributed by atoms with Crippen LogP contribution in [0.3, 0.4) is 0 Å². The number of ether oxygens (including phenoxy) is 1. The van der Waals surface area contributed by atoms with Gasteiger partial charge < -0.3 is 9.64 Å². The van der Waals surface area contributed by atoms with E-state index in [0.29, 0.717) is 30.0 Å². The minimum Gasteiger partial charge on any atom is -0.496 e. The Hall–Kier alpha value is -2.77. The van der Waals surface area contributed by atoms with Crippen molar-refractivity contribution >= 4 is 11.6 Å². The maximum Gasteiger partial charge on any atom is 0.257 e. The maximum atomic E-state index is 14.5. The average molecular weight is 425 g/mol. The Kier molecular flexibility index (Phi) is 6.63. The lowest BCUT2D eigenvalue weighted by Crippen LogP contribution is -2.49. The van der Waals surface area contributed by atoms with E-state index in [9.17, 15) is 9.18 Å². The Balaban J connectivity index is 1.60. The van der Waals surface area contributed by atoms with Crippen molar-refractivity contribution in [2.45, 2.75) is 19.4 Å². The van der Waals surface area contributed by atoms with Gasteiger partial charge in [0.2, 0.25) is 0 Å². The molecule has 2 aliphatic rings. The van der Waals surface area contributed by atoms with E-state index in [0.717, 1.165) is 38.3 Å². The van der Waals surface area contributed by atoms with Gasteiger partial charge in [0, 0.05) is 43.7 Å². The van der Waals surface area contributed by atoms with Gasteiger partial charge >= 0.3 is 0 Å². The van der Waals surface area contributed by atoms with Gasteiger partial charge in [0.15, 0.2) is 0 Å². The standard InChI is InChI=1S/C24H29FN4O2/c1-3-27-12-14-28(15-13-27)17-24(30)29-22(19-9-5-7-11-23(19)31-2)16-21(26-29)18-8-4-6-10-20(18)25/h4-11,22H,3,12-17H2,1-2H3. The largest absolute Gasteiger partial charge is 0.496 e. The van der Waals surface area contributed by atoms with E-state index in [1.807, 2.05) is 24.3 Å². The number of hydrogen-bond donors (Lipinski definition) is 0. The zero-order chi connectivity index (χ0) is 21.8. The Morgan fingerprint density at radius 1 is 1.06 bits per heavy atom. The first-order valence-corrected chi connectivity index (χ1v) is 10.8. The predicted molar refractivity (Wildman–Crippen MR) is 119 cm³/mol. The molecule has 0 aromatic heterocycles. The third kappa shape index (κ3) is 4.62. The number of carbonyl (C=O) groups excluding carboxylic acids is 1. The fourth-order valence-electron chi connectivity index (χ4n) is 4.31. The lowest BCUT2D eigenvalue weighted by molar-refractivity contribution is -0.134. The van der Waals surface area contributed by atoms with Crippen LogP contribution in [0.15, 0.2) is 53.6 Å². The van der Waals surface area contributed by atoms with E-state index in [4.69, 9.17) is 4.74 Å². The summed E-state index contributed by atoms with van der Waals surface area (Å²) >= 11 is 0. The third-order valence-electron chi connectivity index (χ3n) is 6.12. The number of hydrogen-bond acceptors (Lipinski definition) is 5. The maximum absolute atomic E-state index is 14.5. The number of likely N-dealkylation sites (N-methyl/N-ethyl adjacent to an activating group) is 1. The quantitative estimate of drug-likeness (QED) is 0.715. The van der Waals surface area contributed by atoms with Gasteiger partial charge in [-0.05, 0) is 18.7 Å². The van der Waals surface area contributed by atoms with Gasteiger partial charge in [0.05, 0.1) is 25.4 Å². The first-order valence-electron chi connectivity index (χ1n) is 10.8. The lowest BCUT2D eigenvalue weighted by atomic mass is 9.97. The summed E-state index contributed by atoms with van der Waals surface area (Å²) in [5.74, 6) is 0.295. The van der Waals surface area contributed by atoms with Gasteiger partial charge in [0.25, 0.3) is 5.91 Å². The van der Waals surface area contributed by atoms with E-state index in [1.54, 1.807) is 25.3 Å². The van der Waals surface area contributed by atoms with E-state index in [2.05, 4.69) is 21.8 Å². The molecule has 1 amide bonds. The molecule has 2 aromatic carbocycles. The fourth-order valence-corrected chi connectivity index (χ4v) is 4.31. The second kappa shape index (κ2) is 9.58. The van der Waals surface area contributed by atoms with Crippen LogP contribution in [0.25, 0.3) is 0 Å². The summed E-state index contributed by atoms with van der Waals surface area (Å²) in [7, 11) is 1.62. The molecule has 0 saturated carbocycles. The van der Waals surface area contributed by atoms with Crippen molar-refractivity contribution in [2.24, 2.45) is 5.10 Å². The number of carbonyl (C=O) groups is 1. The first kappa shape index (κ1) is 21.5. The Bertz CT molecular complexity index is 956. The number of para-hydroxylation sites is 1. The lowest BCUT2D eigenvalue weighted by Gasteiger charge is -2.34. The van der Waals surface area contributed by atoms with E-state index in [1.165, 1.54) is 11.1 Å². The molecule has 2 aliphatic heterocycles. The molecule has 0 aliphatic carbocycles. The topological polar surface area (TPSA) is 48.4 Å². The molecule has 1 fully saturated rings. The molecule has 0 N–H and O–H groups in total. The number of benzene rings is 2. The number of hydrazone groups is 1. The Morgan fingerprint density at radius 3 is 2.45 bits per heavy atom. The summed E-state index contributed by atoms with van der Waals surface area (Å²) in [4.78, 5) is 17.9. The zero-order valence-corrected chi connectivity index (χ0v) is 18.1. The summed E-state index contributed by atoms with van der Waals surface area (Å²) in [6.45, 7) is 7.12. The Labute approximate surface area is 182 Å². The van der Waals surface area contributed by atoms with Crippen LogP contribution in [0.2, 0.25) is 0 Å². The van der Waals surface area contributed by atoms with E-state index in [-0.39, 0.29) is 17.8 Å². The highest BCUT2D eigenvalue weighted by atomic mass is 19.1. The van der Waals surface area contributed by atoms with Gasteiger partial charge in [-0.25, -0.2) is 9.40 Å². The molecule has 0 spiro atoms. The highest BCUT2D eigenvalue weighted by Gasteiger charge is 2.36. The number of amides is 1. The Morgan fingerprint density at radius 2 is 1.74 bits per heavy atom. The number of halogens is 1. The molecule has 31 heavy (non-hydrogen) atoms. The molecular formula is C24H29FN4O2. The molecule has 0 radical (unpaired) electrons.